The van der Waals surface area contributed by atoms with Crippen LogP contribution in [0.2, 0.25) is 0 Å². The second-order valence-corrected chi connectivity index (χ2v) is 3.79. The van der Waals surface area contributed by atoms with Gasteiger partial charge in [-0.15, -0.1) is 0 Å². The molecule has 0 heterocycles. The minimum atomic E-state index is 0.438. The minimum absolute atomic E-state index is 0.438. The van der Waals surface area contributed by atoms with E-state index < -0.39 is 0 Å². The Bertz CT molecular complexity index is 424. The number of aryl methyl sites for hydroxylation is 1. The summed E-state index contributed by atoms with van der Waals surface area (Å²) in [4.78, 5) is 10.1. The fraction of sp³-hybridized carbons (Fsp3) is 0.333. The lowest BCUT2D eigenvalue weighted by Gasteiger charge is -2.11. The van der Waals surface area contributed by atoms with Gasteiger partial charge in [0.2, 0.25) is 5.75 Å². The Labute approximate surface area is 114 Å². The Morgan fingerprint density at radius 2 is 1.79 bits per heavy atom. The summed E-state index contributed by atoms with van der Waals surface area (Å²) in [5, 5.41) is 0. The van der Waals surface area contributed by atoms with Crippen molar-refractivity contribution in [2.24, 2.45) is 0 Å². The highest BCUT2D eigenvalue weighted by Gasteiger charge is 2.06. The van der Waals surface area contributed by atoms with Gasteiger partial charge < -0.3 is 9.47 Å². The smallest absolute Gasteiger partial charge is 0.220 e. The average molecular weight is 264 g/mol. The van der Waals surface area contributed by atoms with E-state index in [-0.39, 0.29) is 0 Å². The number of benzene rings is 1. The molecule has 4 nitrogen and oxygen atoms in total. The lowest BCUT2D eigenvalue weighted by atomic mass is 10.2. The van der Waals surface area contributed by atoms with Crippen LogP contribution in [-0.4, -0.2) is 13.2 Å². The molecule has 0 aliphatic heterocycles. The zero-order chi connectivity index (χ0) is 13.9. The maximum atomic E-state index is 5.58. The molecule has 1 aromatic carbocycles. The Hall–Kier alpha value is -2.10. The van der Waals surface area contributed by atoms with Gasteiger partial charge in [0, 0.05) is 0 Å². The number of ether oxygens (including phenoxy) is 2. The molecule has 4 heteroatoms. The van der Waals surface area contributed by atoms with Crippen molar-refractivity contribution in [3.63, 3.8) is 0 Å². The van der Waals surface area contributed by atoms with Crippen molar-refractivity contribution in [2.45, 2.75) is 20.8 Å². The standard InChI is InChI=1S/C15H20O4/c1-4-8-16-10-11-17-14-7-6-13(3)12-15(14)19-18-9-5-2/h4-9,12H,10-11H2,1-3H3/b8-4+,9-5+. The second kappa shape index (κ2) is 8.91. The predicted octanol–water partition coefficient (Wildman–Crippen LogP) is 3.77. The molecule has 0 aliphatic carbocycles. The first-order valence-electron chi connectivity index (χ1n) is 6.18. The molecule has 19 heavy (non-hydrogen) atoms. The highest BCUT2D eigenvalue weighted by molar-refractivity contribution is 5.42. The van der Waals surface area contributed by atoms with Gasteiger partial charge in [0.25, 0.3) is 0 Å². The van der Waals surface area contributed by atoms with E-state index in [9.17, 15) is 0 Å². The van der Waals surface area contributed by atoms with Crippen LogP contribution in [0.5, 0.6) is 11.5 Å². The van der Waals surface area contributed by atoms with Gasteiger partial charge in [-0.3, -0.25) is 9.78 Å². The lowest BCUT2D eigenvalue weighted by molar-refractivity contribution is -0.150. The SMILES string of the molecule is C/C=C/OCCOc1ccc(C)cc1OO/C=C/C. The highest BCUT2D eigenvalue weighted by atomic mass is 17.2. The molecule has 104 valence electrons. The summed E-state index contributed by atoms with van der Waals surface area (Å²) in [7, 11) is 0. The normalized spacial score (nSPS) is 10.9. The molecular weight excluding hydrogens is 244 g/mol. The second-order valence-electron chi connectivity index (χ2n) is 3.79. The zero-order valence-electron chi connectivity index (χ0n) is 11.6. The Morgan fingerprint density at radius 1 is 1.00 bits per heavy atom. The van der Waals surface area contributed by atoms with E-state index in [0.717, 1.165) is 5.56 Å². The van der Waals surface area contributed by atoms with E-state index in [4.69, 9.17) is 19.2 Å². The molecule has 0 aliphatic rings. The molecule has 0 fully saturated rings. The van der Waals surface area contributed by atoms with Crippen LogP contribution in [0.3, 0.4) is 0 Å². The van der Waals surface area contributed by atoms with Crippen LogP contribution in [0.25, 0.3) is 0 Å². The summed E-state index contributed by atoms with van der Waals surface area (Å²) < 4.78 is 10.8. The van der Waals surface area contributed by atoms with Gasteiger partial charge in [-0.2, -0.15) is 0 Å². The number of allylic oxidation sites excluding steroid dienone is 2. The third-order valence-electron chi connectivity index (χ3n) is 2.12. The van der Waals surface area contributed by atoms with Gasteiger partial charge >= 0.3 is 0 Å². The van der Waals surface area contributed by atoms with Gasteiger partial charge in [0.15, 0.2) is 5.75 Å². The molecule has 0 spiro atoms. The molecule has 0 N–H and O–H groups in total. The van der Waals surface area contributed by atoms with E-state index >= 15 is 0 Å². The van der Waals surface area contributed by atoms with Crippen LogP contribution in [0, 0.1) is 6.92 Å². The molecular formula is C15H20O4. The summed E-state index contributed by atoms with van der Waals surface area (Å²) in [5.41, 5.74) is 1.07. The van der Waals surface area contributed by atoms with Crippen molar-refractivity contribution in [3.8, 4) is 11.5 Å². The molecule has 0 radical (unpaired) electrons. The predicted molar refractivity (Wildman–Crippen MR) is 74.0 cm³/mol. The van der Waals surface area contributed by atoms with Crippen LogP contribution in [0.1, 0.15) is 19.4 Å². The summed E-state index contributed by atoms with van der Waals surface area (Å²) in [5.74, 6) is 1.17. The first-order valence-corrected chi connectivity index (χ1v) is 6.18. The number of hydrogen-bond acceptors (Lipinski definition) is 4. The lowest BCUT2D eigenvalue weighted by Crippen LogP contribution is -2.05. The van der Waals surface area contributed by atoms with Crippen molar-refractivity contribution >= 4 is 0 Å². The quantitative estimate of drug-likeness (QED) is 0.310. The first-order chi connectivity index (χ1) is 9.27. The fourth-order valence-electron chi connectivity index (χ4n) is 1.30. The monoisotopic (exact) mass is 264 g/mol. The van der Waals surface area contributed by atoms with E-state index in [1.165, 1.54) is 6.26 Å². The van der Waals surface area contributed by atoms with E-state index in [2.05, 4.69) is 0 Å². The molecule has 0 aromatic heterocycles. The minimum Gasteiger partial charge on any atom is -0.498 e. The molecule has 0 atom stereocenters. The highest BCUT2D eigenvalue weighted by Crippen LogP contribution is 2.28. The van der Waals surface area contributed by atoms with Gasteiger partial charge in [-0.25, -0.2) is 0 Å². The summed E-state index contributed by atoms with van der Waals surface area (Å²) in [6, 6.07) is 5.65. The number of hydrogen-bond donors (Lipinski definition) is 0. The van der Waals surface area contributed by atoms with Crippen LogP contribution >= 0.6 is 0 Å². The van der Waals surface area contributed by atoms with Gasteiger partial charge in [-0.1, -0.05) is 12.1 Å². The van der Waals surface area contributed by atoms with Crippen molar-refractivity contribution < 1.29 is 19.2 Å². The third kappa shape index (κ3) is 5.86. The van der Waals surface area contributed by atoms with Crippen molar-refractivity contribution in [1.82, 2.24) is 0 Å². The van der Waals surface area contributed by atoms with Gasteiger partial charge in [0.1, 0.15) is 19.5 Å². The fourth-order valence-corrected chi connectivity index (χ4v) is 1.30. The zero-order valence-corrected chi connectivity index (χ0v) is 11.6. The molecule has 0 saturated heterocycles. The van der Waals surface area contributed by atoms with E-state index in [1.807, 2.05) is 45.0 Å². The Kier molecular flexibility index (Phi) is 7.02. The van der Waals surface area contributed by atoms with Gasteiger partial charge in [-0.05, 0) is 44.5 Å². The topological polar surface area (TPSA) is 36.9 Å². The Morgan fingerprint density at radius 3 is 2.53 bits per heavy atom. The van der Waals surface area contributed by atoms with Crippen molar-refractivity contribution in [2.75, 3.05) is 13.2 Å². The molecule has 0 unspecified atom stereocenters. The Balaban J connectivity index is 2.54. The van der Waals surface area contributed by atoms with Crippen LogP contribution in [0.15, 0.2) is 42.9 Å². The van der Waals surface area contributed by atoms with Crippen LogP contribution in [0.4, 0.5) is 0 Å². The van der Waals surface area contributed by atoms with Crippen molar-refractivity contribution in [1.29, 1.82) is 0 Å². The number of rotatable bonds is 8. The largest absolute Gasteiger partial charge is 0.498 e. The summed E-state index contributed by atoms with van der Waals surface area (Å²) in [6.45, 7) is 6.63. The van der Waals surface area contributed by atoms with Crippen molar-refractivity contribution in [3.05, 3.63) is 48.4 Å². The van der Waals surface area contributed by atoms with E-state index in [0.29, 0.717) is 24.7 Å². The maximum absolute atomic E-state index is 5.58. The van der Waals surface area contributed by atoms with Crippen LogP contribution in [-0.2, 0) is 9.62 Å². The molecule has 0 saturated carbocycles. The molecule has 1 rings (SSSR count). The van der Waals surface area contributed by atoms with E-state index in [1.54, 1.807) is 12.3 Å². The third-order valence-corrected chi connectivity index (χ3v) is 2.12. The maximum Gasteiger partial charge on any atom is 0.220 e. The summed E-state index contributed by atoms with van der Waals surface area (Å²) >= 11 is 0. The molecule has 0 bridgehead atoms. The first kappa shape index (κ1) is 15.0. The van der Waals surface area contributed by atoms with Crippen LogP contribution < -0.4 is 9.62 Å². The molecule has 1 aromatic rings. The summed E-state index contributed by atoms with van der Waals surface area (Å²) in [6.07, 6.45) is 6.65. The average Bonchev–Trinajstić information content (AvgIpc) is 2.41. The van der Waals surface area contributed by atoms with Gasteiger partial charge in [0.05, 0.1) is 6.26 Å². The molecule has 0 amide bonds.